The first-order valence-electron chi connectivity index (χ1n) is 5.61. The van der Waals surface area contributed by atoms with Gasteiger partial charge in [0.25, 0.3) is 0 Å². The molecule has 0 aliphatic carbocycles. The summed E-state index contributed by atoms with van der Waals surface area (Å²) in [6.45, 7) is 0.594. The Morgan fingerprint density at radius 1 is 1.42 bits per heavy atom. The Kier molecular flexibility index (Phi) is 3.47. The van der Waals surface area contributed by atoms with Gasteiger partial charge in [0.15, 0.2) is 5.96 Å². The monoisotopic (exact) mass is 356 g/mol. The normalized spacial score (nSPS) is 18.7. The maximum atomic E-state index is 6.01. The van der Waals surface area contributed by atoms with Crippen molar-refractivity contribution in [3.63, 3.8) is 0 Å². The number of hydrogen-bond acceptors (Lipinski definition) is 5. The maximum absolute atomic E-state index is 6.01. The smallest absolute Gasteiger partial charge is 0.196 e. The van der Waals surface area contributed by atoms with Crippen LogP contribution in [0, 0.1) is 0 Å². The molecule has 2 N–H and O–H groups in total. The van der Waals surface area contributed by atoms with Gasteiger partial charge in [-0.1, -0.05) is 23.7 Å². The van der Waals surface area contributed by atoms with Gasteiger partial charge in [-0.3, -0.25) is 9.89 Å². The van der Waals surface area contributed by atoms with Crippen LogP contribution in [-0.4, -0.2) is 17.5 Å². The number of benzene rings is 1. The summed E-state index contributed by atoms with van der Waals surface area (Å²) >= 11 is 11.0. The van der Waals surface area contributed by atoms with E-state index in [2.05, 4.69) is 25.9 Å². The van der Waals surface area contributed by atoms with Crippen LogP contribution in [0.1, 0.15) is 11.0 Å². The highest BCUT2D eigenvalue weighted by atomic mass is 79.9. The van der Waals surface area contributed by atoms with Crippen molar-refractivity contribution in [3.05, 3.63) is 44.3 Å². The molecule has 1 aromatic carbocycles. The third-order valence-electron chi connectivity index (χ3n) is 2.88. The largest absolute Gasteiger partial charge is 0.369 e. The molecular weight excluding hydrogens is 348 g/mol. The number of hydrogen-bond donors (Lipinski definition) is 1. The van der Waals surface area contributed by atoms with E-state index >= 15 is 0 Å². The Labute approximate surface area is 128 Å². The van der Waals surface area contributed by atoms with E-state index in [1.165, 1.54) is 11.3 Å². The van der Waals surface area contributed by atoms with Crippen LogP contribution in [0.15, 0.2) is 39.9 Å². The molecule has 0 amide bonds. The van der Waals surface area contributed by atoms with E-state index in [0.717, 1.165) is 15.2 Å². The second-order valence-corrected chi connectivity index (χ2v) is 6.59. The van der Waals surface area contributed by atoms with E-state index in [1.54, 1.807) is 6.20 Å². The van der Waals surface area contributed by atoms with Crippen molar-refractivity contribution in [2.75, 3.05) is 11.4 Å². The fourth-order valence-electron chi connectivity index (χ4n) is 2.05. The number of rotatable bonds is 2. The summed E-state index contributed by atoms with van der Waals surface area (Å²) in [5.41, 5.74) is 7.00. The fraction of sp³-hybridized carbons (Fsp3) is 0.167. The number of nitrogens with zero attached hydrogens (tertiary/aromatic N) is 3. The molecule has 1 atom stereocenters. The number of nitrogens with two attached hydrogens (primary N) is 1. The molecule has 19 heavy (non-hydrogen) atoms. The molecule has 0 fully saturated rings. The minimum atomic E-state index is 0.0104. The van der Waals surface area contributed by atoms with Gasteiger partial charge in [-0.15, -0.1) is 11.3 Å². The zero-order valence-electron chi connectivity index (χ0n) is 9.75. The van der Waals surface area contributed by atoms with Crippen LogP contribution in [0.5, 0.6) is 0 Å². The molecule has 0 bridgehead atoms. The number of aromatic nitrogens is 1. The lowest BCUT2D eigenvalue weighted by atomic mass is 10.2. The highest BCUT2D eigenvalue weighted by Crippen LogP contribution is 2.37. The molecule has 0 radical (unpaired) electrons. The average Bonchev–Trinajstić information content (AvgIpc) is 2.96. The SMILES string of the molecule is NC1=NCC(c2ncc(Cl)s2)N1c1ccccc1Br. The van der Waals surface area contributed by atoms with Crippen molar-refractivity contribution in [2.45, 2.75) is 6.04 Å². The fourth-order valence-corrected chi connectivity index (χ4v) is 3.53. The first kappa shape index (κ1) is 12.9. The zero-order valence-corrected chi connectivity index (χ0v) is 12.9. The van der Waals surface area contributed by atoms with E-state index in [4.69, 9.17) is 17.3 Å². The van der Waals surface area contributed by atoms with Crippen molar-refractivity contribution >= 4 is 50.5 Å². The number of guanidine groups is 1. The molecule has 1 aliphatic rings. The summed E-state index contributed by atoms with van der Waals surface area (Å²) in [6, 6.07) is 7.92. The van der Waals surface area contributed by atoms with E-state index in [-0.39, 0.29) is 6.04 Å². The molecule has 0 spiro atoms. The van der Waals surface area contributed by atoms with Crippen LogP contribution >= 0.6 is 38.9 Å². The maximum Gasteiger partial charge on any atom is 0.196 e. The third-order valence-corrected chi connectivity index (χ3v) is 4.76. The molecule has 0 saturated carbocycles. The Balaban J connectivity index is 2.02. The van der Waals surface area contributed by atoms with E-state index in [1.807, 2.05) is 29.2 Å². The van der Waals surface area contributed by atoms with Crippen molar-refractivity contribution < 1.29 is 0 Å². The van der Waals surface area contributed by atoms with E-state index < -0.39 is 0 Å². The van der Waals surface area contributed by atoms with Crippen molar-refractivity contribution in [1.82, 2.24) is 4.98 Å². The molecule has 0 saturated heterocycles. The van der Waals surface area contributed by atoms with Crippen molar-refractivity contribution in [1.29, 1.82) is 0 Å². The zero-order chi connectivity index (χ0) is 13.4. The highest BCUT2D eigenvalue weighted by Gasteiger charge is 2.31. The standard InChI is InChI=1S/C12H10BrClN4S/c13-7-3-1-2-4-8(7)18-9(5-17-12(18)15)11-16-6-10(14)19-11/h1-4,6,9H,5H2,(H2,15,17). The first-order valence-corrected chi connectivity index (χ1v) is 7.60. The lowest BCUT2D eigenvalue weighted by Gasteiger charge is -2.25. The number of thiazole rings is 1. The third kappa shape index (κ3) is 2.35. The summed E-state index contributed by atoms with van der Waals surface area (Å²) < 4.78 is 1.65. The summed E-state index contributed by atoms with van der Waals surface area (Å²) in [5, 5.41) is 0.921. The Morgan fingerprint density at radius 2 is 2.21 bits per heavy atom. The lowest BCUT2D eigenvalue weighted by Crippen LogP contribution is -2.36. The van der Waals surface area contributed by atoms with Crippen LogP contribution in [0.4, 0.5) is 5.69 Å². The first-order chi connectivity index (χ1) is 9.16. The van der Waals surface area contributed by atoms with Gasteiger partial charge in [0.2, 0.25) is 0 Å². The van der Waals surface area contributed by atoms with Crippen molar-refractivity contribution in [3.8, 4) is 0 Å². The van der Waals surface area contributed by atoms with Crippen LogP contribution < -0.4 is 10.6 Å². The Morgan fingerprint density at radius 3 is 2.89 bits per heavy atom. The summed E-state index contributed by atoms with van der Waals surface area (Å²) in [4.78, 5) is 10.6. The topological polar surface area (TPSA) is 54.5 Å². The predicted octanol–water partition coefficient (Wildman–Crippen LogP) is 3.44. The molecule has 1 aromatic heterocycles. The molecule has 4 nitrogen and oxygen atoms in total. The van der Waals surface area contributed by atoms with E-state index in [0.29, 0.717) is 16.8 Å². The Bertz CT molecular complexity index is 642. The molecule has 2 heterocycles. The average molecular weight is 358 g/mol. The van der Waals surface area contributed by atoms with Gasteiger partial charge < -0.3 is 5.73 Å². The van der Waals surface area contributed by atoms with E-state index in [9.17, 15) is 0 Å². The summed E-state index contributed by atoms with van der Waals surface area (Å²) in [7, 11) is 0. The van der Waals surface area contributed by atoms with Gasteiger partial charge in [0.05, 0.1) is 18.4 Å². The Hall–Kier alpha value is -1.11. The van der Waals surface area contributed by atoms with Gasteiger partial charge in [-0.05, 0) is 28.1 Å². The molecular formula is C12H10BrClN4S. The number of anilines is 1. The quantitative estimate of drug-likeness (QED) is 0.896. The molecule has 1 unspecified atom stereocenters. The molecule has 1 aliphatic heterocycles. The highest BCUT2D eigenvalue weighted by molar-refractivity contribution is 9.10. The molecule has 2 aromatic rings. The van der Waals surface area contributed by atoms with Crippen LogP contribution in [0.2, 0.25) is 4.34 Å². The number of halogens is 2. The van der Waals surface area contributed by atoms with Gasteiger partial charge in [0, 0.05) is 4.47 Å². The van der Waals surface area contributed by atoms with Gasteiger partial charge >= 0.3 is 0 Å². The molecule has 98 valence electrons. The van der Waals surface area contributed by atoms with Gasteiger partial charge in [-0.2, -0.15) is 0 Å². The second-order valence-electron chi connectivity index (χ2n) is 4.04. The summed E-state index contributed by atoms with van der Waals surface area (Å²) in [6.07, 6.45) is 1.66. The second kappa shape index (κ2) is 5.11. The van der Waals surface area contributed by atoms with Crippen LogP contribution in [0.3, 0.4) is 0 Å². The molecule has 7 heteroatoms. The lowest BCUT2D eigenvalue weighted by molar-refractivity contribution is 0.759. The van der Waals surface area contributed by atoms with Crippen LogP contribution in [0.25, 0.3) is 0 Å². The molecule has 3 rings (SSSR count). The minimum Gasteiger partial charge on any atom is -0.369 e. The minimum absolute atomic E-state index is 0.0104. The van der Waals surface area contributed by atoms with Gasteiger partial charge in [-0.25, -0.2) is 4.98 Å². The number of para-hydroxylation sites is 1. The summed E-state index contributed by atoms with van der Waals surface area (Å²) in [5.74, 6) is 0.503. The predicted molar refractivity (Wildman–Crippen MR) is 83.0 cm³/mol. The van der Waals surface area contributed by atoms with Crippen molar-refractivity contribution in [2.24, 2.45) is 10.7 Å². The van der Waals surface area contributed by atoms with Gasteiger partial charge in [0.1, 0.15) is 15.4 Å². The van der Waals surface area contributed by atoms with Crippen LogP contribution in [-0.2, 0) is 0 Å². The number of aliphatic imine (C=N–C) groups is 1.